The number of nitrogen functional groups attached to an aromatic ring is 1. The normalized spacial score (nSPS) is 15.4. The van der Waals surface area contributed by atoms with Crippen LogP contribution in [0, 0.1) is 0 Å². The molecule has 1 aliphatic heterocycles. The molecule has 1 amide bonds. The molecule has 0 atom stereocenters. The molecule has 0 aliphatic carbocycles. The van der Waals surface area contributed by atoms with E-state index in [0.717, 1.165) is 21.6 Å². The summed E-state index contributed by atoms with van der Waals surface area (Å²) in [6.07, 6.45) is -4.41. The first-order valence-corrected chi connectivity index (χ1v) is 6.47. The molecule has 0 aromatic heterocycles. The zero-order chi connectivity index (χ0) is 15.1. The molecular weight excluding hydrogens is 269 g/mol. The summed E-state index contributed by atoms with van der Waals surface area (Å²) in [5.74, 6) is -1.58. The second-order valence-corrected chi connectivity index (χ2v) is 5.38. The van der Waals surface area contributed by atoms with Crippen molar-refractivity contribution >= 4 is 11.6 Å². The summed E-state index contributed by atoms with van der Waals surface area (Å²) in [6.45, 7) is 4.01. The summed E-state index contributed by atoms with van der Waals surface area (Å²) in [7, 11) is 0. The minimum atomic E-state index is -4.81. The van der Waals surface area contributed by atoms with E-state index in [-0.39, 0.29) is 19.0 Å². The number of benzene rings is 1. The summed E-state index contributed by atoms with van der Waals surface area (Å²) in [6, 6.07) is 3.64. The number of rotatable bonds is 1. The van der Waals surface area contributed by atoms with Gasteiger partial charge in [0.05, 0.1) is 0 Å². The molecule has 1 heterocycles. The molecule has 0 saturated heterocycles. The Morgan fingerprint density at radius 2 is 1.95 bits per heavy atom. The van der Waals surface area contributed by atoms with Gasteiger partial charge in [-0.3, -0.25) is 4.79 Å². The number of hydrogen-bond donors (Lipinski definition) is 1. The Morgan fingerprint density at radius 1 is 1.30 bits per heavy atom. The minimum Gasteiger partial charge on any atom is -0.398 e. The molecule has 0 radical (unpaired) electrons. The Morgan fingerprint density at radius 3 is 2.50 bits per heavy atom. The van der Waals surface area contributed by atoms with Gasteiger partial charge in [0.1, 0.15) is 0 Å². The Balaban J connectivity index is 2.30. The number of anilines is 1. The van der Waals surface area contributed by atoms with E-state index in [1.807, 2.05) is 26.0 Å². The molecule has 2 N–H and O–H groups in total. The van der Waals surface area contributed by atoms with Crippen molar-refractivity contribution in [3.8, 4) is 0 Å². The van der Waals surface area contributed by atoms with E-state index in [9.17, 15) is 18.0 Å². The third-order valence-corrected chi connectivity index (χ3v) is 3.57. The number of amides is 1. The fourth-order valence-electron chi connectivity index (χ4n) is 2.50. The maximum absolute atomic E-state index is 12.5. The third-order valence-electron chi connectivity index (χ3n) is 3.57. The lowest BCUT2D eigenvalue weighted by molar-refractivity contribution is -0.186. The maximum atomic E-state index is 12.5. The summed E-state index contributed by atoms with van der Waals surface area (Å²) in [4.78, 5) is 12.1. The maximum Gasteiger partial charge on any atom is 0.471 e. The minimum absolute atomic E-state index is 0.00627. The Kier molecular flexibility index (Phi) is 3.67. The van der Waals surface area contributed by atoms with Crippen LogP contribution < -0.4 is 5.73 Å². The highest BCUT2D eigenvalue weighted by molar-refractivity contribution is 5.82. The third kappa shape index (κ3) is 2.73. The molecule has 3 nitrogen and oxygen atoms in total. The van der Waals surface area contributed by atoms with E-state index in [1.165, 1.54) is 0 Å². The molecule has 1 aromatic carbocycles. The molecule has 2 rings (SSSR count). The van der Waals surface area contributed by atoms with Crippen LogP contribution in [0.3, 0.4) is 0 Å². The zero-order valence-corrected chi connectivity index (χ0v) is 11.4. The van der Waals surface area contributed by atoms with Crippen LogP contribution >= 0.6 is 0 Å². The van der Waals surface area contributed by atoms with Crippen molar-refractivity contribution in [2.75, 3.05) is 12.3 Å². The van der Waals surface area contributed by atoms with E-state index in [0.29, 0.717) is 12.1 Å². The van der Waals surface area contributed by atoms with Crippen molar-refractivity contribution in [2.24, 2.45) is 0 Å². The van der Waals surface area contributed by atoms with Gasteiger partial charge in [-0.05, 0) is 35.1 Å². The number of hydrogen-bond acceptors (Lipinski definition) is 2. The van der Waals surface area contributed by atoms with Crippen LogP contribution in [0.15, 0.2) is 12.1 Å². The van der Waals surface area contributed by atoms with Gasteiger partial charge in [-0.2, -0.15) is 13.2 Å². The number of fused-ring (bicyclic) bond motifs is 1. The van der Waals surface area contributed by atoms with Crippen molar-refractivity contribution in [3.63, 3.8) is 0 Å². The molecule has 0 spiro atoms. The molecule has 6 heteroatoms. The average molecular weight is 286 g/mol. The number of alkyl halides is 3. The second-order valence-electron chi connectivity index (χ2n) is 5.38. The van der Waals surface area contributed by atoms with Crippen molar-refractivity contribution in [2.45, 2.75) is 38.9 Å². The van der Waals surface area contributed by atoms with Crippen LogP contribution in [0.1, 0.15) is 36.5 Å². The highest BCUT2D eigenvalue weighted by atomic mass is 19.4. The quantitative estimate of drug-likeness (QED) is 0.807. The Bertz CT molecular complexity index is 538. The van der Waals surface area contributed by atoms with Gasteiger partial charge >= 0.3 is 12.1 Å². The molecule has 0 unspecified atom stereocenters. The SMILES string of the molecule is CC(C)c1cc2c(cc1N)CCN(C(=O)C(F)(F)F)C2. The first-order chi connectivity index (χ1) is 9.20. The molecule has 0 saturated carbocycles. The van der Waals surface area contributed by atoms with Crippen molar-refractivity contribution in [1.29, 1.82) is 0 Å². The lowest BCUT2D eigenvalue weighted by Gasteiger charge is -2.30. The zero-order valence-electron chi connectivity index (χ0n) is 11.4. The monoisotopic (exact) mass is 286 g/mol. The molecule has 0 bridgehead atoms. The summed E-state index contributed by atoms with van der Waals surface area (Å²) < 4.78 is 37.4. The fourth-order valence-corrected chi connectivity index (χ4v) is 2.50. The lowest BCUT2D eigenvalue weighted by atomic mass is 9.92. The summed E-state index contributed by atoms with van der Waals surface area (Å²) >= 11 is 0. The highest BCUT2D eigenvalue weighted by Gasteiger charge is 2.43. The largest absolute Gasteiger partial charge is 0.471 e. The Hall–Kier alpha value is -1.72. The smallest absolute Gasteiger partial charge is 0.398 e. The van der Waals surface area contributed by atoms with Gasteiger partial charge in [-0.25, -0.2) is 0 Å². The van der Waals surface area contributed by atoms with Gasteiger partial charge in [0.2, 0.25) is 0 Å². The first-order valence-electron chi connectivity index (χ1n) is 6.47. The van der Waals surface area contributed by atoms with E-state index in [2.05, 4.69) is 0 Å². The molecule has 0 fully saturated rings. The van der Waals surface area contributed by atoms with Gasteiger partial charge in [-0.15, -0.1) is 0 Å². The molecule has 1 aliphatic rings. The lowest BCUT2D eigenvalue weighted by Crippen LogP contribution is -2.43. The summed E-state index contributed by atoms with van der Waals surface area (Å²) in [5.41, 5.74) is 9.20. The number of nitrogens with zero attached hydrogens (tertiary/aromatic N) is 1. The van der Waals surface area contributed by atoms with Crippen molar-refractivity contribution in [3.05, 3.63) is 28.8 Å². The first kappa shape index (κ1) is 14.7. The van der Waals surface area contributed by atoms with E-state index in [1.54, 1.807) is 0 Å². The van der Waals surface area contributed by atoms with Gasteiger partial charge in [0.15, 0.2) is 0 Å². The highest BCUT2D eigenvalue weighted by Crippen LogP contribution is 2.30. The van der Waals surface area contributed by atoms with E-state index in [4.69, 9.17) is 5.73 Å². The average Bonchev–Trinajstić information content (AvgIpc) is 2.35. The van der Waals surface area contributed by atoms with Crippen LogP contribution in [0.5, 0.6) is 0 Å². The van der Waals surface area contributed by atoms with Crippen LogP contribution in [0.4, 0.5) is 18.9 Å². The second kappa shape index (κ2) is 5.00. The molecule has 110 valence electrons. The number of nitrogens with two attached hydrogens (primary N) is 1. The Labute approximate surface area is 115 Å². The molecule has 1 aromatic rings. The fraction of sp³-hybridized carbons (Fsp3) is 0.500. The van der Waals surface area contributed by atoms with Crippen LogP contribution in [-0.2, 0) is 17.8 Å². The summed E-state index contributed by atoms with van der Waals surface area (Å²) in [5, 5.41) is 0. The van der Waals surface area contributed by atoms with Crippen LogP contribution in [0.2, 0.25) is 0 Å². The van der Waals surface area contributed by atoms with Crippen LogP contribution in [-0.4, -0.2) is 23.5 Å². The number of carbonyl (C=O) groups is 1. The molecular formula is C14H17F3N2O. The predicted molar refractivity (Wildman–Crippen MR) is 70.1 cm³/mol. The number of carbonyl (C=O) groups excluding carboxylic acids is 1. The van der Waals surface area contributed by atoms with Gasteiger partial charge in [-0.1, -0.05) is 19.9 Å². The predicted octanol–water partition coefficient (Wildman–Crippen LogP) is 2.84. The van der Waals surface area contributed by atoms with E-state index < -0.39 is 12.1 Å². The molecule has 20 heavy (non-hydrogen) atoms. The van der Waals surface area contributed by atoms with Gasteiger partial charge in [0.25, 0.3) is 0 Å². The van der Waals surface area contributed by atoms with Crippen molar-refractivity contribution in [1.82, 2.24) is 4.90 Å². The van der Waals surface area contributed by atoms with Gasteiger partial charge < -0.3 is 10.6 Å². The van der Waals surface area contributed by atoms with Gasteiger partial charge in [0, 0.05) is 18.8 Å². The van der Waals surface area contributed by atoms with E-state index >= 15 is 0 Å². The number of halogens is 3. The standard InChI is InChI=1S/C14H17F3N2O/c1-8(2)11-5-10-7-19(13(20)14(15,16)17)4-3-9(10)6-12(11)18/h5-6,8H,3-4,7,18H2,1-2H3. The topological polar surface area (TPSA) is 46.3 Å². The van der Waals surface area contributed by atoms with Crippen LogP contribution in [0.25, 0.3) is 0 Å². The van der Waals surface area contributed by atoms with Crippen molar-refractivity contribution < 1.29 is 18.0 Å².